The summed E-state index contributed by atoms with van der Waals surface area (Å²) in [6.07, 6.45) is 2.64. The monoisotopic (exact) mass is 358 g/mol. The Kier molecular flexibility index (Phi) is 7.54. The van der Waals surface area contributed by atoms with Gasteiger partial charge in [0.25, 0.3) is 0 Å². The van der Waals surface area contributed by atoms with Crippen molar-refractivity contribution in [3.63, 3.8) is 0 Å². The first kappa shape index (κ1) is 19.4. The van der Waals surface area contributed by atoms with E-state index in [1.165, 1.54) is 0 Å². The fourth-order valence-electron chi connectivity index (χ4n) is 2.28. The van der Waals surface area contributed by atoms with Gasteiger partial charge < -0.3 is 25.3 Å². The second kappa shape index (κ2) is 10.1. The lowest BCUT2D eigenvalue weighted by molar-refractivity contribution is 0.301. The van der Waals surface area contributed by atoms with Gasteiger partial charge in [0.15, 0.2) is 17.5 Å². The molecule has 0 aliphatic heterocycles. The van der Waals surface area contributed by atoms with Gasteiger partial charge in [-0.2, -0.15) is 0 Å². The lowest BCUT2D eigenvalue weighted by Crippen LogP contribution is -2.31. The van der Waals surface area contributed by atoms with Crippen LogP contribution in [0.15, 0.2) is 41.5 Å². The summed E-state index contributed by atoms with van der Waals surface area (Å²) >= 11 is 0. The average molecular weight is 358 g/mol. The summed E-state index contributed by atoms with van der Waals surface area (Å²) in [6, 6.07) is 9.48. The first-order chi connectivity index (χ1) is 12.7. The molecule has 0 aliphatic rings. The number of benzene rings is 1. The molecule has 0 unspecified atom stereocenters. The summed E-state index contributed by atoms with van der Waals surface area (Å²) in [5.74, 6) is 2.32. The number of nitrogens with two attached hydrogens (primary N) is 1. The van der Waals surface area contributed by atoms with E-state index in [2.05, 4.69) is 22.2 Å². The van der Waals surface area contributed by atoms with Crippen LogP contribution in [-0.2, 0) is 13.1 Å². The minimum atomic E-state index is 0.352. The van der Waals surface area contributed by atoms with Crippen molar-refractivity contribution in [3.8, 4) is 17.4 Å². The van der Waals surface area contributed by atoms with Gasteiger partial charge in [-0.3, -0.25) is 0 Å². The highest BCUT2D eigenvalue weighted by atomic mass is 16.5. The highest BCUT2D eigenvalue weighted by molar-refractivity contribution is 5.77. The van der Waals surface area contributed by atoms with Gasteiger partial charge in [-0.15, -0.1) is 0 Å². The number of ether oxygens (including phenoxy) is 3. The quantitative estimate of drug-likeness (QED) is 0.529. The molecule has 2 aromatic rings. The van der Waals surface area contributed by atoms with Crippen LogP contribution in [0.25, 0.3) is 0 Å². The van der Waals surface area contributed by atoms with Gasteiger partial charge in [-0.1, -0.05) is 19.1 Å². The third-order valence-corrected chi connectivity index (χ3v) is 3.63. The fraction of sp³-hybridized carbons (Fsp3) is 0.368. The predicted octanol–water partition coefficient (Wildman–Crippen LogP) is 2.49. The topological polar surface area (TPSA) is 91.0 Å². The molecule has 7 nitrogen and oxygen atoms in total. The zero-order valence-electron chi connectivity index (χ0n) is 15.5. The second-order valence-corrected chi connectivity index (χ2v) is 5.56. The van der Waals surface area contributed by atoms with Gasteiger partial charge in [0, 0.05) is 18.3 Å². The normalized spacial score (nSPS) is 11.1. The molecule has 0 radical (unpaired) electrons. The molecule has 0 saturated carbocycles. The summed E-state index contributed by atoms with van der Waals surface area (Å²) in [4.78, 5) is 8.61. The minimum absolute atomic E-state index is 0.352. The van der Waals surface area contributed by atoms with Crippen molar-refractivity contribution < 1.29 is 14.2 Å². The second-order valence-electron chi connectivity index (χ2n) is 5.56. The van der Waals surface area contributed by atoms with Crippen LogP contribution in [0.1, 0.15) is 24.5 Å². The largest absolute Gasteiger partial charge is 0.493 e. The van der Waals surface area contributed by atoms with Crippen molar-refractivity contribution in [1.29, 1.82) is 0 Å². The van der Waals surface area contributed by atoms with Crippen LogP contribution in [0.3, 0.4) is 0 Å². The molecule has 0 spiro atoms. The minimum Gasteiger partial charge on any atom is -0.493 e. The highest BCUT2D eigenvalue weighted by Crippen LogP contribution is 2.27. The van der Waals surface area contributed by atoms with Gasteiger partial charge in [0.1, 0.15) is 0 Å². The molecule has 1 heterocycles. The molecule has 0 fully saturated rings. The molecule has 1 aromatic heterocycles. The molecule has 0 saturated heterocycles. The van der Waals surface area contributed by atoms with Crippen molar-refractivity contribution in [3.05, 3.63) is 47.7 Å². The van der Waals surface area contributed by atoms with Crippen molar-refractivity contribution in [1.82, 2.24) is 10.3 Å². The summed E-state index contributed by atoms with van der Waals surface area (Å²) in [5, 5.41) is 3.09. The standard InChI is InChI=1S/C19H26N4O3/c1-4-10-26-18-15(6-5-9-21-18)13-23-19(20)22-12-14-7-8-16(24-2)17(11-14)25-3/h5-9,11H,4,10,12-13H2,1-3H3,(H3,20,22,23). The van der Waals surface area contributed by atoms with E-state index in [1.807, 2.05) is 30.3 Å². The zero-order chi connectivity index (χ0) is 18.8. The van der Waals surface area contributed by atoms with Gasteiger partial charge in [0.2, 0.25) is 5.88 Å². The van der Waals surface area contributed by atoms with E-state index >= 15 is 0 Å². The number of rotatable bonds is 9. The summed E-state index contributed by atoms with van der Waals surface area (Å²) in [6.45, 7) is 3.62. The predicted molar refractivity (Wildman–Crippen MR) is 102 cm³/mol. The molecule has 3 N–H and O–H groups in total. The first-order valence-electron chi connectivity index (χ1n) is 8.49. The number of nitrogens with zero attached hydrogens (tertiary/aromatic N) is 2. The first-order valence-corrected chi connectivity index (χ1v) is 8.49. The molecule has 2 rings (SSSR count). The lowest BCUT2D eigenvalue weighted by atomic mass is 10.2. The van der Waals surface area contributed by atoms with Crippen LogP contribution in [0.4, 0.5) is 0 Å². The molecule has 0 bridgehead atoms. The maximum atomic E-state index is 5.97. The highest BCUT2D eigenvalue weighted by Gasteiger charge is 2.06. The molecule has 0 atom stereocenters. The molecule has 140 valence electrons. The summed E-state index contributed by atoms with van der Waals surface area (Å²) in [7, 11) is 3.21. The van der Waals surface area contributed by atoms with Crippen LogP contribution in [-0.4, -0.2) is 31.8 Å². The molecule has 1 aromatic carbocycles. The van der Waals surface area contributed by atoms with Crippen LogP contribution >= 0.6 is 0 Å². The molecular weight excluding hydrogens is 332 g/mol. The number of hydrogen-bond acceptors (Lipinski definition) is 5. The molecule has 0 amide bonds. The summed E-state index contributed by atoms with van der Waals surface area (Å²) in [5.41, 5.74) is 7.88. The fourth-order valence-corrected chi connectivity index (χ4v) is 2.28. The van der Waals surface area contributed by atoms with E-state index in [0.29, 0.717) is 43.0 Å². The van der Waals surface area contributed by atoms with Gasteiger partial charge in [-0.05, 0) is 30.2 Å². The SMILES string of the molecule is CCCOc1ncccc1CNC(N)=NCc1ccc(OC)c(OC)c1. The average Bonchev–Trinajstić information content (AvgIpc) is 2.69. The molecule has 0 aliphatic carbocycles. The molecule has 26 heavy (non-hydrogen) atoms. The number of methoxy groups -OCH3 is 2. The Morgan fingerprint density at radius 1 is 1.19 bits per heavy atom. The third-order valence-electron chi connectivity index (χ3n) is 3.63. The van der Waals surface area contributed by atoms with Crippen molar-refractivity contribution in [2.24, 2.45) is 10.7 Å². The van der Waals surface area contributed by atoms with Crippen molar-refractivity contribution >= 4 is 5.96 Å². The van der Waals surface area contributed by atoms with Gasteiger partial charge in [-0.25, -0.2) is 9.98 Å². The number of aliphatic imine (C=N–C) groups is 1. The number of nitrogens with one attached hydrogen (secondary N) is 1. The Morgan fingerprint density at radius 2 is 2.00 bits per heavy atom. The van der Waals surface area contributed by atoms with Crippen LogP contribution in [0, 0.1) is 0 Å². The maximum absolute atomic E-state index is 5.97. The Morgan fingerprint density at radius 3 is 2.73 bits per heavy atom. The van der Waals surface area contributed by atoms with Crippen molar-refractivity contribution in [2.75, 3.05) is 20.8 Å². The number of aromatic nitrogens is 1. The Labute approximate surface area is 154 Å². The van der Waals surface area contributed by atoms with Crippen LogP contribution < -0.4 is 25.3 Å². The van der Waals surface area contributed by atoms with Gasteiger partial charge >= 0.3 is 0 Å². The van der Waals surface area contributed by atoms with E-state index in [4.69, 9.17) is 19.9 Å². The number of pyridine rings is 1. The van der Waals surface area contributed by atoms with E-state index in [9.17, 15) is 0 Å². The van der Waals surface area contributed by atoms with Crippen LogP contribution in [0.5, 0.6) is 17.4 Å². The number of guanidine groups is 1. The smallest absolute Gasteiger partial charge is 0.218 e. The molecular formula is C19H26N4O3. The van der Waals surface area contributed by atoms with E-state index in [1.54, 1.807) is 20.4 Å². The molecule has 7 heteroatoms. The van der Waals surface area contributed by atoms with E-state index < -0.39 is 0 Å². The maximum Gasteiger partial charge on any atom is 0.218 e. The van der Waals surface area contributed by atoms with Crippen molar-refractivity contribution in [2.45, 2.75) is 26.4 Å². The Balaban J connectivity index is 1.95. The van der Waals surface area contributed by atoms with E-state index in [0.717, 1.165) is 17.5 Å². The Hall–Kier alpha value is -2.96. The Bertz CT molecular complexity index is 734. The zero-order valence-corrected chi connectivity index (χ0v) is 15.5. The third kappa shape index (κ3) is 5.54. The lowest BCUT2D eigenvalue weighted by Gasteiger charge is -2.11. The van der Waals surface area contributed by atoms with Gasteiger partial charge in [0.05, 0.1) is 27.4 Å². The van der Waals surface area contributed by atoms with Crippen LogP contribution in [0.2, 0.25) is 0 Å². The van der Waals surface area contributed by atoms with E-state index in [-0.39, 0.29) is 0 Å². The summed E-state index contributed by atoms with van der Waals surface area (Å²) < 4.78 is 16.2. The number of hydrogen-bond donors (Lipinski definition) is 2.